The zero-order valence-electron chi connectivity index (χ0n) is 13.1. The first kappa shape index (κ1) is 15.1. The lowest BCUT2D eigenvalue weighted by Crippen LogP contribution is -2.28. The van der Waals surface area contributed by atoms with E-state index in [2.05, 4.69) is 41.3 Å². The number of rotatable bonds is 6. The minimum atomic E-state index is 0.711. The molecule has 1 saturated carbocycles. The van der Waals surface area contributed by atoms with Gasteiger partial charge in [-0.05, 0) is 50.9 Å². The zero-order chi connectivity index (χ0) is 14.8. The fourth-order valence-electron chi connectivity index (χ4n) is 3.27. The number of nitrogens with zero attached hydrogens (tertiary/aromatic N) is 2. The molecule has 21 heavy (non-hydrogen) atoms. The normalized spacial score (nSPS) is 22.7. The third-order valence-electron chi connectivity index (χ3n) is 4.67. The lowest BCUT2D eigenvalue weighted by molar-refractivity contribution is 0.396. The fraction of sp³-hybridized carbons (Fsp3) is 0.647. The van der Waals surface area contributed by atoms with Gasteiger partial charge in [-0.25, -0.2) is 0 Å². The first-order valence-corrected chi connectivity index (χ1v) is 8.41. The van der Waals surface area contributed by atoms with Gasteiger partial charge in [0.1, 0.15) is 0 Å². The Morgan fingerprint density at radius 2 is 2.14 bits per heavy atom. The molecule has 1 aromatic rings. The molecular formula is C17H26ClN3. The highest BCUT2D eigenvalue weighted by molar-refractivity contribution is 6.31. The van der Waals surface area contributed by atoms with Crippen molar-refractivity contribution in [2.75, 3.05) is 38.6 Å². The van der Waals surface area contributed by atoms with E-state index < -0.39 is 0 Å². The van der Waals surface area contributed by atoms with Crippen molar-refractivity contribution in [1.29, 1.82) is 0 Å². The smallest absolute Gasteiger partial charge is 0.0471 e. The fourth-order valence-corrected chi connectivity index (χ4v) is 3.51. The molecular weight excluding hydrogens is 282 g/mol. The van der Waals surface area contributed by atoms with Gasteiger partial charge in [0.25, 0.3) is 0 Å². The summed E-state index contributed by atoms with van der Waals surface area (Å²) in [6.07, 6.45) is 3.92. The molecule has 3 nitrogen and oxygen atoms in total. The van der Waals surface area contributed by atoms with Crippen LogP contribution in [0.15, 0.2) is 18.2 Å². The predicted molar refractivity (Wildman–Crippen MR) is 90.2 cm³/mol. The van der Waals surface area contributed by atoms with Gasteiger partial charge in [0.2, 0.25) is 0 Å². The molecule has 0 radical (unpaired) electrons. The van der Waals surface area contributed by atoms with Crippen LogP contribution in [0.25, 0.3) is 0 Å². The number of benzene rings is 1. The van der Waals surface area contributed by atoms with Crippen LogP contribution in [0.1, 0.15) is 24.8 Å². The van der Waals surface area contributed by atoms with E-state index in [4.69, 9.17) is 11.6 Å². The number of likely N-dealkylation sites (tertiary alicyclic amines) is 1. The Morgan fingerprint density at radius 1 is 1.33 bits per heavy atom. The Balaban J connectivity index is 1.68. The van der Waals surface area contributed by atoms with Gasteiger partial charge in [0.05, 0.1) is 0 Å². The molecule has 0 bridgehead atoms. The molecule has 1 aromatic carbocycles. The third-order valence-corrected chi connectivity index (χ3v) is 5.03. The van der Waals surface area contributed by atoms with Crippen LogP contribution >= 0.6 is 11.6 Å². The van der Waals surface area contributed by atoms with Crippen LogP contribution in [-0.4, -0.2) is 44.7 Å². The van der Waals surface area contributed by atoms with Crippen molar-refractivity contribution < 1.29 is 0 Å². The Hall–Kier alpha value is -0.770. The van der Waals surface area contributed by atoms with E-state index >= 15 is 0 Å². The molecule has 4 heteroatoms. The minimum absolute atomic E-state index is 0.711. The predicted octanol–water partition coefficient (Wildman–Crippen LogP) is 2.98. The van der Waals surface area contributed by atoms with Crippen LogP contribution < -0.4 is 10.2 Å². The van der Waals surface area contributed by atoms with Crippen LogP contribution in [0.2, 0.25) is 5.02 Å². The topological polar surface area (TPSA) is 18.5 Å². The number of anilines is 1. The molecule has 2 fully saturated rings. The number of hydrogen-bond donors (Lipinski definition) is 1. The molecule has 0 spiro atoms. The second-order valence-electron chi connectivity index (χ2n) is 6.69. The van der Waals surface area contributed by atoms with Gasteiger partial charge in [0, 0.05) is 49.0 Å². The summed E-state index contributed by atoms with van der Waals surface area (Å²) in [5, 5.41) is 4.48. The maximum absolute atomic E-state index is 6.44. The summed E-state index contributed by atoms with van der Waals surface area (Å²) in [4.78, 5) is 4.81. The second-order valence-corrected chi connectivity index (χ2v) is 7.10. The molecule has 3 rings (SSSR count). The molecule has 1 N–H and O–H groups in total. The standard InChI is InChI=1S/C17H26ClN3/c1-20-9-8-13(11-20)12-21(2)17-5-3-4-16(18)15(17)10-19-14-6-7-14/h3-5,13-14,19H,6-12H2,1-2H3. The Labute approximate surface area is 133 Å². The molecule has 1 saturated heterocycles. The molecule has 0 amide bonds. The van der Waals surface area contributed by atoms with E-state index in [0.29, 0.717) is 6.04 Å². The van der Waals surface area contributed by atoms with Crippen LogP contribution in [0, 0.1) is 5.92 Å². The summed E-state index contributed by atoms with van der Waals surface area (Å²) in [7, 11) is 4.41. The first-order valence-electron chi connectivity index (χ1n) is 8.04. The summed E-state index contributed by atoms with van der Waals surface area (Å²) in [5.41, 5.74) is 2.53. The molecule has 1 atom stereocenters. The minimum Gasteiger partial charge on any atom is -0.374 e. The number of hydrogen-bond acceptors (Lipinski definition) is 3. The van der Waals surface area contributed by atoms with E-state index in [-0.39, 0.29) is 0 Å². The lowest BCUT2D eigenvalue weighted by Gasteiger charge is -2.26. The summed E-state index contributed by atoms with van der Waals surface area (Å²) in [6, 6.07) is 6.99. The van der Waals surface area contributed by atoms with Gasteiger partial charge in [-0.3, -0.25) is 0 Å². The molecule has 1 unspecified atom stereocenters. The largest absolute Gasteiger partial charge is 0.374 e. The Bertz CT molecular complexity index is 487. The molecule has 1 aliphatic heterocycles. The van der Waals surface area contributed by atoms with E-state index in [1.54, 1.807) is 0 Å². The third kappa shape index (κ3) is 3.91. The molecule has 2 aliphatic rings. The molecule has 116 valence electrons. The Morgan fingerprint density at radius 3 is 2.81 bits per heavy atom. The average molecular weight is 308 g/mol. The average Bonchev–Trinajstić information content (AvgIpc) is 3.19. The summed E-state index contributed by atoms with van der Waals surface area (Å²) in [5.74, 6) is 0.767. The first-order chi connectivity index (χ1) is 10.1. The van der Waals surface area contributed by atoms with Crippen molar-refractivity contribution in [2.24, 2.45) is 5.92 Å². The van der Waals surface area contributed by atoms with Crippen LogP contribution in [0.3, 0.4) is 0 Å². The van der Waals surface area contributed by atoms with Gasteiger partial charge in [-0.1, -0.05) is 17.7 Å². The van der Waals surface area contributed by atoms with Crippen LogP contribution in [-0.2, 0) is 6.54 Å². The van der Waals surface area contributed by atoms with E-state index in [1.807, 2.05) is 6.07 Å². The van der Waals surface area contributed by atoms with Crippen molar-refractivity contribution in [3.05, 3.63) is 28.8 Å². The number of halogens is 1. The van der Waals surface area contributed by atoms with Crippen molar-refractivity contribution in [2.45, 2.75) is 31.8 Å². The summed E-state index contributed by atoms with van der Waals surface area (Å²) >= 11 is 6.44. The van der Waals surface area contributed by atoms with E-state index in [0.717, 1.165) is 24.0 Å². The maximum atomic E-state index is 6.44. The number of nitrogens with one attached hydrogen (secondary N) is 1. The highest BCUT2D eigenvalue weighted by Crippen LogP contribution is 2.29. The molecule has 0 aromatic heterocycles. The maximum Gasteiger partial charge on any atom is 0.0471 e. The van der Waals surface area contributed by atoms with E-state index in [1.165, 1.54) is 43.6 Å². The molecule has 1 heterocycles. The van der Waals surface area contributed by atoms with E-state index in [9.17, 15) is 0 Å². The summed E-state index contributed by atoms with van der Waals surface area (Å²) in [6.45, 7) is 4.43. The van der Waals surface area contributed by atoms with Crippen molar-refractivity contribution >= 4 is 17.3 Å². The van der Waals surface area contributed by atoms with Gasteiger partial charge < -0.3 is 15.1 Å². The molecule has 1 aliphatic carbocycles. The van der Waals surface area contributed by atoms with Crippen molar-refractivity contribution in [3.8, 4) is 0 Å². The van der Waals surface area contributed by atoms with Gasteiger partial charge in [0.15, 0.2) is 0 Å². The van der Waals surface area contributed by atoms with Gasteiger partial charge >= 0.3 is 0 Å². The monoisotopic (exact) mass is 307 g/mol. The SMILES string of the molecule is CN1CCC(CN(C)c2cccc(Cl)c2CNC2CC2)C1. The zero-order valence-corrected chi connectivity index (χ0v) is 13.9. The highest BCUT2D eigenvalue weighted by Gasteiger charge is 2.24. The Kier molecular flexibility index (Phi) is 4.72. The van der Waals surface area contributed by atoms with Crippen LogP contribution in [0.4, 0.5) is 5.69 Å². The second kappa shape index (κ2) is 6.55. The highest BCUT2D eigenvalue weighted by atomic mass is 35.5. The van der Waals surface area contributed by atoms with Gasteiger partial charge in [-0.15, -0.1) is 0 Å². The summed E-state index contributed by atoms with van der Waals surface area (Å²) < 4.78 is 0. The van der Waals surface area contributed by atoms with Crippen LogP contribution in [0.5, 0.6) is 0 Å². The van der Waals surface area contributed by atoms with Crippen molar-refractivity contribution in [3.63, 3.8) is 0 Å². The van der Waals surface area contributed by atoms with Crippen molar-refractivity contribution in [1.82, 2.24) is 10.2 Å². The lowest BCUT2D eigenvalue weighted by atomic mass is 10.1. The quantitative estimate of drug-likeness (QED) is 0.871. The van der Waals surface area contributed by atoms with Gasteiger partial charge in [-0.2, -0.15) is 0 Å².